The smallest absolute Gasteiger partial charge is 0.293 e. The first kappa shape index (κ1) is 22.8. The second kappa shape index (κ2) is 8.99. The second-order valence-electron chi connectivity index (χ2n) is 9.24. The summed E-state index contributed by atoms with van der Waals surface area (Å²) in [6.45, 7) is 0.848. The van der Waals surface area contributed by atoms with E-state index < -0.39 is 14.9 Å². The highest BCUT2D eigenvalue weighted by Crippen LogP contribution is 2.32. The molecule has 1 heterocycles. The second-order valence-corrected chi connectivity index (χ2v) is 11.2. The van der Waals surface area contributed by atoms with E-state index in [1.54, 1.807) is 29.2 Å². The minimum Gasteiger partial charge on any atom is -0.377 e. The van der Waals surface area contributed by atoms with E-state index in [-0.39, 0.29) is 49.4 Å². The van der Waals surface area contributed by atoms with Gasteiger partial charge < -0.3 is 10.2 Å². The molecule has 5 rings (SSSR count). The van der Waals surface area contributed by atoms with Crippen molar-refractivity contribution in [2.45, 2.75) is 49.5 Å². The number of nitro groups is 1. The molecule has 1 saturated carbocycles. The molecule has 1 aliphatic heterocycles. The molecule has 180 valence electrons. The fourth-order valence-electron chi connectivity index (χ4n) is 4.72. The number of rotatable bonds is 6. The van der Waals surface area contributed by atoms with Crippen LogP contribution in [0.4, 0.5) is 11.4 Å². The number of benzene rings is 2. The van der Waals surface area contributed by atoms with Crippen molar-refractivity contribution in [1.29, 1.82) is 0 Å². The predicted molar refractivity (Wildman–Crippen MR) is 127 cm³/mol. The zero-order valence-corrected chi connectivity index (χ0v) is 19.7. The number of amides is 1. The van der Waals surface area contributed by atoms with Gasteiger partial charge in [-0.25, -0.2) is 8.42 Å². The molecule has 9 nitrogen and oxygen atoms in total. The Morgan fingerprint density at radius 3 is 2.35 bits per heavy atom. The number of nitro benzene ring substituents is 1. The lowest BCUT2D eigenvalue weighted by Crippen LogP contribution is -2.50. The predicted octanol–water partition coefficient (Wildman–Crippen LogP) is 3.19. The fourth-order valence-corrected chi connectivity index (χ4v) is 6.19. The number of carbonyl (C=O) groups excluding carboxylic acids is 1. The molecule has 1 amide bonds. The summed E-state index contributed by atoms with van der Waals surface area (Å²) in [4.78, 5) is 25.9. The van der Waals surface area contributed by atoms with Crippen molar-refractivity contribution in [1.82, 2.24) is 9.21 Å². The molecule has 2 aromatic rings. The molecule has 34 heavy (non-hydrogen) atoms. The average molecular weight is 485 g/mol. The minimum atomic E-state index is -3.64. The molecule has 2 aromatic carbocycles. The first-order valence-corrected chi connectivity index (χ1v) is 13.2. The third kappa shape index (κ3) is 4.52. The summed E-state index contributed by atoms with van der Waals surface area (Å²) < 4.78 is 27.8. The van der Waals surface area contributed by atoms with Crippen molar-refractivity contribution in [3.8, 4) is 0 Å². The lowest BCUT2D eigenvalue weighted by molar-refractivity contribution is -0.384. The highest BCUT2D eigenvalue weighted by atomic mass is 32.2. The van der Waals surface area contributed by atoms with Crippen LogP contribution in [0, 0.1) is 10.1 Å². The van der Waals surface area contributed by atoms with Gasteiger partial charge in [0.1, 0.15) is 5.69 Å². The number of piperazine rings is 1. The number of nitrogens with zero attached hydrogens (tertiary/aromatic N) is 3. The van der Waals surface area contributed by atoms with Crippen molar-refractivity contribution in [2.24, 2.45) is 0 Å². The van der Waals surface area contributed by atoms with E-state index in [9.17, 15) is 23.3 Å². The van der Waals surface area contributed by atoms with Gasteiger partial charge in [0.05, 0.1) is 9.82 Å². The summed E-state index contributed by atoms with van der Waals surface area (Å²) in [5, 5.41) is 14.6. The van der Waals surface area contributed by atoms with Crippen LogP contribution >= 0.6 is 0 Å². The highest BCUT2D eigenvalue weighted by molar-refractivity contribution is 7.89. The molecule has 0 unspecified atom stereocenters. The number of fused-ring (bicyclic) bond motifs is 1. The van der Waals surface area contributed by atoms with Crippen LogP contribution in [0.25, 0.3) is 0 Å². The van der Waals surface area contributed by atoms with Crippen molar-refractivity contribution in [3.63, 3.8) is 0 Å². The quantitative estimate of drug-likeness (QED) is 0.498. The third-order valence-corrected chi connectivity index (χ3v) is 8.76. The number of hydrogen-bond acceptors (Lipinski definition) is 6. The Balaban J connectivity index is 1.27. The summed E-state index contributed by atoms with van der Waals surface area (Å²) in [6.07, 6.45) is 6.08. The van der Waals surface area contributed by atoms with Crippen molar-refractivity contribution < 1.29 is 18.1 Å². The van der Waals surface area contributed by atoms with E-state index in [2.05, 4.69) is 5.32 Å². The molecule has 0 radical (unpaired) electrons. The normalized spacial score (nSPS) is 18.9. The van der Waals surface area contributed by atoms with E-state index in [1.165, 1.54) is 15.9 Å². The van der Waals surface area contributed by atoms with Crippen LogP contribution in [-0.4, -0.2) is 60.7 Å². The molecule has 0 atom stereocenters. The van der Waals surface area contributed by atoms with Crippen molar-refractivity contribution in [3.05, 3.63) is 63.2 Å². The Hall–Kier alpha value is -2.98. The zero-order valence-electron chi connectivity index (χ0n) is 18.9. The number of sulfonamides is 1. The Morgan fingerprint density at radius 1 is 0.971 bits per heavy atom. The van der Waals surface area contributed by atoms with Crippen LogP contribution in [0.15, 0.2) is 41.3 Å². The van der Waals surface area contributed by atoms with E-state index >= 15 is 0 Å². The van der Waals surface area contributed by atoms with Gasteiger partial charge in [0.25, 0.3) is 11.6 Å². The van der Waals surface area contributed by atoms with Gasteiger partial charge in [-0.2, -0.15) is 4.31 Å². The van der Waals surface area contributed by atoms with Gasteiger partial charge in [-0.1, -0.05) is 6.07 Å². The van der Waals surface area contributed by atoms with Crippen LogP contribution in [0.1, 0.15) is 47.2 Å². The van der Waals surface area contributed by atoms with Crippen LogP contribution in [0.2, 0.25) is 0 Å². The van der Waals surface area contributed by atoms with Gasteiger partial charge in [0.15, 0.2) is 0 Å². The lowest BCUT2D eigenvalue weighted by atomic mass is 9.92. The molecular weight excluding hydrogens is 456 g/mol. The number of aryl methyl sites for hydroxylation is 2. The zero-order chi connectivity index (χ0) is 23.9. The van der Waals surface area contributed by atoms with Gasteiger partial charge in [-0.05, 0) is 73.9 Å². The maximum Gasteiger partial charge on any atom is 0.293 e. The van der Waals surface area contributed by atoms with Crippen LogP contribution in [0.5, 0.6) is 0 Å². The fraction of sp³-hybridized carbons (Fsp3) is 0.458. The van der Waals surface area contributed by atoms with E-state index in [0.717, 1.165) is 44.1 Å². The summed E-state index contributed by atoms with van der Waals surface area (Å²) in [6, 6.07) is 10.2. The molecule has 1 N–H and O–H groups in total. The van der Waals surface area contributed by atoms with Crippen molar-refractivity contribution in [2.75, 3.05) is 31.5 Å². The maximum absolute atomic E-state index is 13.2. The molecule has 10 heteroatoms. The number of nitrogens with one attached hydrogen (secondary N) is 1. The monoisotopic (exact) mass is 484 g/mol. The van der Waals surface area contributed by atoms with E-state index in [4.69, 9.17) is 0 Å². The SMILES string of the molecule is O=C(c1ccc(NC2CC2)c([N+](=O)[O-])c1)N1CCN(S(=O)(=O)c2ccc3c(c2)CCCC3)CC1. The van der Waals surface area contributed by atoms with Gasteiger partial charge in [-0.3, -0.25) is 14.9 Å². The van der Waals surface area contributed by atoms with Gasteiger partial charge in [0, 0.05) is 43.9 Å². The summed E-state index contributed by atoms with van der Waals surface area (Å²) >= 11 is 0. The largest absolute Gasteiger partial charge is 0.377 e. The number of hydrogen-bond donors (Lipinski definition) is 1. The summed E-state index contributed by atoms with van der Waals surface area (Å²) in [7, 11) is -3.64. The molecule has 0 bridgehead atoms. The molecular formula is C24H28N4O5S. The van der Waals surface area contributed by atoms with E-state index in [0.29, 0.717) is 10.6 Å². The van der Waals surface area contributed by atoms with Gasteiger partial charge in [-0.15, -0.1) is 0 Å². The standard InChI is InChI=1S/C24H28N4O5S/c29-24(19-6-10-22(25-20-7-8-20)23(16-19)28(30)31)26-11-13-27(14-12-26)34(32,33)21-9-5-17-3-1-2-4-18(17)15-21/h5-6,9-10,15-16,20,25H,1-4,7-8,11-14H2. The van der Waals surface area contributed by atoms with E-state index in [1.807, 2.05) is 6.07 Å². The van der Waals surface area contributed by atoms with Gasteiger partial charge in [0.2, 0.25) is 10.0 Å². The Labute approximate surface area is 198 Å². The molecule has 2 aliphatic carbocycles. The molecule has 2 fully saturated rings. The third-order valence-electron chi connectivity index (χ3n) is 6.86. The topological polar surface area (TPSA) is 113 Å². The van der Waals surface area contributed by atoms with Crippen LogP contribution in [0.3, 0.4) is 0 Å². The minimum absolute atomic E-state index is 0.119. The highest BCUT2D eigenvalue weighted by Gasteiger charge is 2.32. The van der Waals surface area contributed by atoms with Crippen molar-refractivity contribution >= 4 is 27.3 Å². The molecule has 0 aromatic heterocycles. The Kier molecular flexibility index (Phi) is 6.03. The average Bonchev–Trinajstić information content (AvgIpc) is 3.67. The number of anilines is 1. The summed E-state index contributed by atoms with van der Waals surface area (Å²) in [5.41, 5.74) is 2.88. The maximum atomic E-state index is 13.2. The van der Waals surface area contributed by atoms with Crippen LogP contribution < -0.4 is 5.32 Å². The first-order valence-electron chi connectivity index (χ1n) is 11.8. The Morgan fingerprint density at radius 2 is 1.68 bits per heavy atom. The molecule has 0 spiro atoms. The van der Waals surface area contributed by atoms with Gasteiger partial charge >= 0.3 is 0 Å². The van der Waals surface area contributed by atoms with Crippen LogP contribution in [-0.2, 0) is 22.9 Å². The first-order chi connectivity index (χ1) is 16.3. The Bertz CT molecular complexity index is 1230. The summed E-state index contributed by atoms with van der Waals surface area (Å²) in [5.74, 6) is -0.327. The molecule has 1 saturated heterocycles. The lowest BCUT2D eigenvalue weighted by Gasteiger charge is -2.34. The number of carbonyl (C=O) groups is 1. The molecule has 3 aliphatic rings.